The predicted octanol–water partition coefficient (Wildman–Crippen LogP) is 3.18. The van der Waals surface area contributed by atoms with Crippen LogP contribution in [0.2, 0.25) is 0 Å². The zero-order valence-corrected chi connectivity index (χ0v) is 9.96. The van der Waals surface area contributed by atoms with Crippen molar-refractivity contribution in [1.29, 1.82) is 10.5 Å². The maximum absolute atomic E-state index is 9.92. The maximum atomic E-state index is 9.92. The Morgan fingerprint density at radius 2 is 1.32 bits per heavy atom. The van der Waals surface area contributed by atoms with Gasteiger partial charge in [0.15, 0.2) is 5.56 Å². The topological polar surface area (TPSA) is 67.8 Å². The number of aliphatic hydroxyl groups excluding tert-OH is 1. The van der Waals surface area contributed by atoms with Crippen LogP contribution in [0.5, 0.6) is 0 Å². The molecule has 0 heterocycles. The van der Waals surface area contributed by atoms with E-state index in [2.05, 4.69) is 6.08 Å². The number of nitrogens with zero attached hydrogens (tertiary/aromatic N) is 2. The molecule has 0 atom stereocenters. The average molecular weight is 245 g/mol. The fraction of sp³-hybridized carbons (Fsp3) is 0. The summed E-state index contributed by atoms with van der Waals surface area (Å²) in [6.45, 7) is 0. The fourth-order valence-corrected chi connectivity index (χ4v) is 1.54. The van der Waals surface area contributed by atoms with Crippen molar-refractivity contribution < 1.29 is 5.11 Å². The van der Waals surface area contributed by atoms with Gasteiger partial charge in [-0.25, -0.2) is 0 Å². The summed E-state index contributed by atoms with van der Waals surface area (Å²) in [7, 11) is 0. The summed E-state index contributed by atoms with van der Waals surface area (Å²) in [4.78, 5) is 0. The van der Waals surface area contributed by atoms with Gasteiger partial charge in [-0.1, -0.05) is 0 Å². The highest BCUT2D eigenvalue weighted by molar-refractivity contribution is 5.60. The van der Waals surface area contributed by atoms with E-state index in [-0.39, 0.29) is 5.76 Å². The third kappa shape index (κ3) is 2.96. The first-order valence-electron chi connectivity index (χ1n) is 5.56. The molecule has 0 aliphatic rings. The van der Waals surface area contributed by atoms with Gasteiger partial charge in [0.25, 0.3) is 5.76 Å². The highest BCUT2D eigenvalue weighted by atomic mass is 16.3. The molecule has 3 heteroatoms. The summed E-state index contributed by atoms with van der Waals surface area (Å²) in [5, 5.41) is 27.3. The summed E-state index contributed by atoms with van der Waals surface area (Å²) in [5.41, 5.74) is 2.36. The number of nitriles is 2. The first-order chi connectivity index (χ1) is 9.22. The molecule has 0 aliphatic carbocycles. The van der Waals surface area contributed by atoms with Gasteiger partial charge in [-0.3, -0.25) is 0 Å². The molecule has 2 rings (SSSR count). The van der Waals surface area contributed by atoms with Gasteiger partial charge in [0.05, 0.1) is 28.8 Å². The van der Waals surface area contributed by atoms with Crippen LogP contribution in [0.15, 0.2) is 48.5 Å². The molecular weight excluding hydrogens is 236 g/mol. The van der Waals surface area contributed by atoms with E-state index in [9.17, 15) is 5.11 Å². The molecule has 0 unspecified atom stereocenters. The second kappa shape index (κ2) is 5.47. The SMILES string of the molecule is N#Cc1ccc([C+]=C(O)c2ccc(C#N)cc2)cc1. The standard InChI is InChI=1S/C16H8N2O/c17-10-13-3-1-12(2-4-13)9-16(19)15-7-5-14(11-18)6-8-15/h1-8H/p+1. The predicted molar refractivity (Wildman–Crippen MR) is 70.7 cm³/mol. The number of hydrogen-bond acceptors (Lipinski definition) is 3. The summed E-state index contributed by atoms with van der Waals surface area (Å²) in [6.07, 6.45) is 2.83. The third-order valence-corrected chi connectivity index (χ3v) is 2.56. The molecular formula is C16H9N2O+. The largest absolute Gasteiger partial charge is 0.486 e. The summed E-state index contributed by atoms with van der Waals surface area (Å²) in [6, 6.07) is 17.3. The zero-order valence-electron chi connectivity index (χ0n) is 9.96. The Morgan fingerprint density at radius 1 is 0.842 bits per heavy atom. The molecule has 0 aliphatic heterocycles. The first kappa shape index (κ1) is 12.3. The van der Waals surface area contributed by atoms with Crippen molar-refractivity contribution in [3.8, 4) is 12.1 Å². The Balaban J connectivity index is 2.26. The van der Waals surface area contributed by atoms with Crippen LogP contribution >= 0.6 is 0 Å². The Labute approximate surface area is 111 Å². The van der Waals surface area contributed by atoms with Gasteiger partial charge in [0, 0.05) is 24.3 Å². The normalized spacial score (nSPS) is 10.1. The van der Waals surface area contributed by atoms with E-state index in [1.165, 1.54) is 0 Å². The first-order valence-corrected chi connectivity index (χ1v) is 5.56. The summed E-state index contributed by atoms with van der Waals surface area (Å²) >= 11 is 0. The van der Waals surface area contributed by atoms with Crippen molar-refractivity contribution in [2.45, 2.75) is 0 Å². The molecule has 0 radical (unpaired) electrons. The lowest BCUT2D eigenvalue weighted by atomic mass is 10.1. The van der Waals surface area contributed by atoms with E-state index in [1.807, 2.05) is 12.1 Å². The molecule has 19 heavy (non-hydrogen) atoms. The van der Waals surface area contributed by atoms with Crippen LogP contribution in [-0.2, 0) is 0 Å². The highest BCUT2D eigenvalue weighted by Gasteiger charge is 2.08. The highest BCUT2D eigenvalue weighted by Crippen LogP contribution is 2.14. The van der Waals surface area contributed by atoms with Crippen LogP contribution in [-0.4, -0.2) is 5.11 Å². The van der Waals surface area contributed by atoms with Crippen molar-refractivity contribution in [2.75, 3.05) is 0 Å². The Bertz CT molecular complexity index is 684. The Kier molecular flexibility index (Phi) is 3.55. The maximum Gasteiger partial charge on any atom is 0.263 e. The van der Waals surface area contributed by atoms with Crippen LogP contribution in [0.1, 0.15) is 22.3 Å². The average Bonchev–Trinajstić information content (AvgIpc) is 2.48. The van der Waals surface area contributed by atoms with Gasteiger partial charge < -0.3 is 5.11 Å². The van der Waals surface area contributed by atoms with Gasteiger partial charge in [-0.2, -0.15) is 10.5 Å². The van der Waals surface area contributed by atoms with Crippen LogP contribution in [0.3, 0.4) is 0 Å². The molecule has 0 aromatic heterocycles. The number of aliphatic hydroxyl groups is 1. The van der Waals surface area contributed by atoms with Crippen LogP contribution in [0, 0.1) is 28.7 Å². The number of benzene rings is 2. The van der Waals surface area contributed by atoms with Gasteiger partial charge in [0.2, 0.25) is 0 Å². The minimum Gasteiger partial charge on any atom is -0.486 e. The quantitative estimate of drug-likeness (QED) is 0.502. The van der Waals surface area contributed by atoms with Gasteiger partial charge in [-0.15, -0.1) is 0 Å². The van der Waals surface area contributed by atoms with Crippen molar-refractivity contribution >= 4 is 5.76 Å². The van der Waals surface area contributed by atoms with Gasteiger partial charge in [-0.05, 0) is 24.3 Å². The minimum atomic E-state index is -0.00537. The summed E-state index contributed by atoms with van der Waals surface area (Å²) < 4.78 is 0. The van der Waals surface area contributed by atoms with Crippen molar-refractivity contribution in [1.82, 2.24) is 0 Å². The van der Waals surface area contributed by atoms with Crippen LogP contribution < -0.4 is 0 Å². The lowest BCUT2D eigenvalue weighted by Gasteiger charge is -1.93. The van der Waals surface area contributed by atoms with Gasteiger partial charge >= 0.3 is 0 Å². The molecule has 88 valence electrons. The van der Waals surface area contributed by atoms with Crippen molar-refractivity contribution in [3.63, 3.8) is 0 Å². The molecule has 1 N–H and O–H groups in total. The van der Waals surface area contributed by atoms with Crippen molar-refractivity contribution in [3.05, 3.63) is 76.9 Å². The lowest BCUT2D eigenvalue weighted by Crippen LogP contribution is -1.86. The van der Waals surface area contributed by atoms with E-state index in [1.54, 1.807) is 48.5 Å². The van der Waals surface area contributed by atoms with Crippen molar-refractivity contribution in [2.24, 2.45) is 0 Å². The second-order valence-corrected chi connectivity index (χ2v) is 3.85. The monoisotopic (exact) mass is 245 g/mol. The van der Waals surface area contributed by atoms with E-state index in [0.29, 0.717) is 22.3 Å². The van der Waals surface area contributed by atoms with E-state index >= 15 is 0 Å². The summed E-state index contributed by atoms with van der Waals surface area (Å²) in [5.74, 6) is -0.00537. The Morgan fingerprint density at radius 3 is 1.79 bits per heavy atom. The van der Waals surface area contributed by atoms with E-state index in [0.717, 1.165) is 0 Å². The molecule has 0 saturated carbocycles. The fourth-order valence-electron chi connectivity index (χ4n) is 1.54. The minimum absolute atomic E-state index is 0.00537. The van der Waals surface area contributed by atoms with E-state index in [4.69, 9.17) is 10.5 Å². The molecule has 3 nitrogen and oxygen atoms in total. The second-order valence-electron chi connectivity index (χ2n) is 3.85. The molecule has 0 amide bonds. The Hall–Kier alpha value is -3.13. The van der Waals surface area contributed by atoms with Crippen LogP contribution in [0.4, 0.5) is 0 Å². The van der Waals surface area contributed by atoms with Gasteiger partial charge in [0.1, 0.15) is 6.07 Å². The van der Waals surface area contributed by atoms with E-state index < -0.39 is 0 Å². The smallest absolute Gasteiger partial charge is 0.263 e. The molecule has 0 bridgehead atoms. The third-order valence-electron chi connectivity index (χ3n) is 2.56. The lowest BCUT2D eigenvalue weighted by molar-refractivity contribution is 0.509. The molecule has 0 fully saturated rings. The molecule has 0 spiro atoms. The molecule has 2 aromatic carbocycles. The number of hydrogen-bond donors (Lipinski definition) is 1. The number of rotatable bonds is 2. The molecule has 2 aromatic rings. The molecule has 0 saturated heterocycles. The zero-order chi connectivity index (χ0) is 13.7. The van der Waals surface area contributed by atoms with Crippen LogP contribution in [0.25, 0.3) is 5.76 Å².